The van der Waals surface area contributed by atoms with Gasteiger partial charge in [-0.05, 0) is 30.4 Å². The molecule has 1 heterocycles. The van der Waals surface area contributed by atoms with Gasteiger partial charge in [-0.3, -0.25) is 0 Å². The summed E-state index contributed by atoms with van der Waals surface area (Å²) in [5.74, 6) is 0. The van der Waals surface area contributed by atoms with Crippen molar-refractivity contribution in [2.45, 2.75) is 39.7 Å². The summed E-state index contributed by atoms with van der Waals surface area (Å²) < 4.78 is 0. The molecule has 0 bridgehead atoms. The summed E-state index contributed by atoms with van der Waals surface area (Å²) in [4.78, 5) is 2.44. The van der Waals surface area contributed by atoms with Gasteiger partial charge in [0.2, 0.25) is 0 Å². The van der Waals surface area contributed by atoms with Gasteiger partial charge in [-0.25, -0.2) is 0 Å². The summed E-state index contributed by atoms with van der Waals surface area (Å²) in [6, 6.07) is 6.08. The van der Waals surface area contributed by atoms with Crippen molar-refractivity contribution in [3.63, 3.8) is 0 Å². The quantitative estimate of drug-likeness (QED) is 0.901. The highest BCUT2D eigenvalue weighted by Gasteiger charge is 2.29. The van der Waals surface area contributed by atoms with Crippen molar-refractivity contribution in [2.24, 2.45) is 11.1 Å². The minimum Gasteiger partial charge on any atom is -0.371 e. The Hall–Kier alpha value is -0.730. The van der Waals surface area contributed by atoms with Crippen LogP contribution in [0.4, 0.5) is 5.69 Å². The molecule has 1 aromatic rings. The molecule has 2 rings (SSSR count). The molecule has 0 spiro atoms. The molecule has 0 atom stereocenters. The van der Waals surface area contributed by atoms with Crippen LogP contribution in [0, 0.1) is 5.41 Å². The molecule has 18 heavy (non-hydrogen) atoms. The van der Waals surface area contributed by atoms with Crippen molar-refractivity contribution in [3.05, 3.63) is 28.8 Å². The monoisotopic (exact) mass is 266 g/mol. The van der Waals surface area contributed by atoms with Crippen molar-refractivity contribution >= 4 is 17.3 Å². The van der Waals surface area contributed by atoms with Gasteiger partial charge in [0.25, 0.3) is 0 Å². The molecule has 100 valence electrons. The molecule has 2 nitrogen and oxygen atoms in total. The van der Waals surface area contributed by atoms with Crippen molar-refractivity contribution < 1.29 is 0 Å². The van der Waals surface area contributed by atoms with Crippen LogP contribution < -0.4 is 10.6 Å². The van der Waals surface area contributed by atoms with Crippen LogP contribution in [0.3, 0.4) is 0 Å². The maximum Gasteiger partial charge on any atom is 0.0471 e. The van der Waals surface area contributed by atoms with E-state index in [-0.39, 0.29) is 0 Å². The van der Waals surface area contributed by atoms with E-state index in [9.17, 15) is 0 Å². The highest BCUT2D eigenvalue weighted by molar-refractivity contribution is 6.31. The molecular formula is C15H23ClN2. The molecular weight excluding hydrogens is 244 g/mol. The van der Waals surface area contributed by atoms with E-state index >= 15 is 0 Å². The van der Waals surface area contributed by atoms with Crippen LogP contribution >= 0.6 is 11.6 Å². The molecule has 1 fully saturated rings. The van der Waals surface area contributed by atoms with Gasteiger partial charge >= 0.3 is 0 Å². The lowest BCUT2D eigenvalue weighted by Crippen LogP contribution is -2.39. The van der Waals surface area contributed by atoms with Crippen LogP contribution in [-0.2, 0) is 6.54 Å². The molecule has 1 aliphatic rings. The lowest BCUT2D eigenvalue weighted by atomic mass is 9.78. The third-order valence-electron chi connectivity index (χ3n) is 4.46. The van der Waals surface area contributed by atoms with Gasteiger partial charge in [0.1, 0.15) is 0 Å². The van der Waals surface area contributed by atoms with Gasteiger partial charge < -0.3 is 10.6 Å². The number of hydrogen-bond donors (Lipinski definition) is 1. The van der Waals surface area contributed by atoms with Gasteiger partial charge in [-0.1, -0.05) is 37.9 Å². The smallest absolute Gasteiger partial charge is 0.0471 e. The Balaban J connectivity index is 2.17. The number of nitrogens with zero attached hydrogens (tertiary/aromatic N) is 1. The van der Waals surface area contributed by atoms with E-state index in [2.05, 4.69) is 24.8 Å². The number of piperidine rings is 1. The normalized spacial score (nSPS) is 19.0. The topological polar surface area (TPSA) is 29.3 Å². The van der Waals surface area contributed by atoms with Crippen LogP contribution in [0.15, 0.2) is 18.2 Å². The van der Waals surface area contributed by atoms with E-state index in [1.54, 1.807) is 0 Å². The van der Waals surface area contributed by atoms with Gasteiger partial charge in [-0.2, -0.15) is 0 Å². The zero-order valence-corrected chi connectivity index (χ0v) is 12.1. The highest BCUT2D eigenvalue weighted by atomic mass is 35.5. The molecule has 1 aliphatic heterocycles. The lowest BCUT2D eigenvalue weighted by molar-refractivity contribution is 0.238. The Morgan fingerprint density at radius 3 is 2.56 bits per heavy atom. The number of benzene rings is 1. The minimum absolute atomic E-state index is 0.510. The average Bonchev–Trinajstić information content (AvgIpc) is 2.39. The van der Waals surface area contributed by atoms with Crippen molar-refractivity contribution in [1.82, 2.24) is 0 Å². The SMILES string of the molecule is CCC1(C)CCN(c2cccc(Cl)c2CN)CC1. The summed E-state index contributed by atoms with van der Waals surface area (Å²) >= 11 is 6.23. The van der Waals surface area contributed by atoms with Crippen molar-refractivity contribution in [3.8, 4) is 0 Å². The largest absolute Gasteiger partial charge is 0.371 e. The van der Waals surface area contributed by atoms with Crippen molar-refractivity contribution in [2.75, 3.05) is 18.0 Å². The summed E-state index contributed by atoms with van der Waals surface area (Å²) in [7, 11) is 0. The fourth-order valence-corrected chi connectivity index (χ4v) is 2.93. The molecule has 1 saturated heterocycles. The zero-order valence-electron chi connectivity index (χ0n) is 11.4. The Kier molecular flexibility index (Phi) is 4.18. The zero-order chi connectivity index (χ0) is 13.2. The molecule has 0 saturated carbocycles. The van der Waals surface area contributed by atoms with Crippen LogP contribution in [0.5, 0.6) is 0 Å². The lowest BCUT2D eigenvalue weighted by Gasteiger charge is -2.40. The molecule has 0 unspecified atom stereocenters. The maximum absolute atomic E-state index is 6.23. The predicted molar refractivity (Wildman–Crippen MR) is 79.2 cm³/mol. The van der Waals surface area contributed by atoms with Crippen LogP contribution in [-0.4, -0.2) is 13.1 Å². The summed E-state index contributed by atoms with van der Waals surface area (Å²) in [6.07, 6.45) is 3.76. The second-order valence-electron chi connectivity index (χ2n) is 5.59. The number of hydrogen-bond acceptors (Lipinski definition) is 2. The average molecular weight is 267 g/mol. The predicted octanol–water partition coefficient (Wildman–Crippen LogP) is 3.82. The molecule has 0 amide bonds. The highest BCUT2D eigenvalue weighted by Crippen LogP contribution is 2.37. The van der Waals surface area contributed by atoms with E-state index in [4.69, 9.17) is 17.3 Å². The number of rotatable bonds is 3. The van der Waals surface area contributed by atoms with E-state index in [1.165, 1.54) is 24.9 Å². The van der Waals surface area contributed by atoms with Crippen LogP contribution in [0.1, 0.15) is 38.7 Å². The second kappa shape index (κ2) is 5.50. The van der Waals surface area contributed by atoms with Gasteiger partial charge in [-0.15, -0.1) is 0 Å². The first-order valence-electron chi connectivity index (χ1n) is 6.82. The Morgan fingerprint density at radius 1 is 1.33 bits per heavy atom. The first kappa shape index (κ1) is 13.7. The first-order valence-corrected chi connectivity index (χ1v) is 7.20. The standard InChI is InChI=1S/C15H23ClN2/c1-3-15(2)7-9-18(10-8-15)14-6-4-5-13(16)12(14)11-17/h4-6H,3,7-11,17H2,1-2H3. The number of halogens is 1. The molecule has 1 aromatic carbocycles. The summed E-state index contributed by atoms with van der Waals surface area (Å²) in [5, 5.41) is 0.791. The molecule has 3 heteroatoms. The van der Waals surface area contributed by atoms with Crippen LogP contribution in [0.25, 0.3) is 0 Å². The number of anilines is 1. The van der Waals surface area contributed by atoms with Gasteiger partial charge in [0.05, 0.1) is 0 Å². The van der Waals surface area contributed by atoms with E-state index in [0.717, 1.165) is 23.7 Å². The van der Waals surface area contributed by atoms with Gasteiger partial charge in [0, 0.05) is 35.9 Å². The summed E-state index contributed by atoms with van der Waals surface area (Å²) in [5.41, 5.74) is 8.65. The fraction of sp³-hybridized carbons (Fsp3) is 0.600. The maximum atomic E-state index is 6.23. The third-order valence-corrected chi connectivity index (χ3v) is 4.82. The third kappa shape index (κ3) is 2.65. The van der Waals surface area contributed by atoms with Crippen LogP contribution in [0.2, 0.25) is 5.02 Å². The number of nitrogens with two attached hydrogens (primary N) is 1. The molecule has 2 N–H and O–H groups in total. The summed E-state index contributed by atoms with van der Waals surface area (Å²) in [6.45, 7) is 7.42. The fourth-order valence-electron chi connectivity index (χ4n) is 2.69. The molecule has 0 aliphatic carbocycles. The van der Waals surface area contributed by atoms with Crippen molar-refractivity contribution in [1.29, 1.82) is 0 Å². The second-order valence-corrected chi connectivity index (χ2v) is 6.00. The molecule has 0 aromatic heterocycles. The first-order chi connectivity index (χ1) is 8.59. The van der Waals surface area contributed by atoms with Gasteiger partial charge in [0.15, 0.2) is 0 Å². The Morgan fingerprint density at radius 2 is 2.00 bits per heavy atom. The molecule has 0 radical (unpaired) electrons. The Labute approximate surface area is 115 Å². The Bertz CT molecular complexity index is 409. The van der Waals surface area contributed by atoms with E-state index < -0.39 is 0 Å². The minimum atomic E-state index is 0.510. The van der Waals surface area contributed by atoms with E-state index in [0.29, 0.717) is 12.0 Å². The van der Waals surface area contributed by atoms with E-state index in [1.807, 2.05) is 12.1 Å².